The molecule has 0 heterocycles. The minimum absolute atomic E-state index is 0.0372. The number of hydrogen-bond acceptors (Lipinski definition) is 3. The summed E-state index contributed by atoms with van der Waals surface area (Å²) in [5, 5.41) is 3.36. The lowest BCUT2D eigenvalue weighted by molar-refractivity contribution is 0.537. The van der Waals surface area contributed by atoms with Crippen LogP contribution in [0.5, 0.6) is 0 Å². The van der Waals surface area contributed by atoms with Gasteiger partial charge in [0.2, 0.25) is 0 Å². The quantitative estimate of drug-likeness (QED) is 0.925. The molecule has 0 aliphatic heterocycles. The van der Waals surface area contributed by atoms with Crippen molar-refractivity contribution >= 4 is 21.4 Å². The van der Waals surface area contributed by atoms with Crippen LogP contribution in [0.3, 0.4) is 0 Å². The zero-order valence-corrected chi connectivity index (χ0v) is 12.0. The zero-order chi connectivity index (χ0) is 13.2. The molecule has 0 amide bonds. The van der Waals surface area contributed by atoms with Crippen LogP contribution in [0, 0.1) is 0 Å². The van der Waals surface area contributed by atoms with E-state index in [0.29, 0.717) is 10.6 Å². The van der Waals surface area contributed by atoms with Crippen LogP contribution in [0.25, 0.3) is 0 Å². The molecule has 1 aromatic carbocycles. The molecule has 0 bridgehead atoms. The standard InChI is InChI=1S/C13H18ClNO2S/c1-15-12-7-4-8-13(12)18(16,17)9-10-5-2-3-6-11(10)14/h2-3,5-6,12-13,15H,4,7-9H2,1H3. The van der Waals surface area contributed by atoms with Crippen molar-refractivity contribution in [1.29, 1.82) is 0 Å². The van der Waals surface area contributed by atoms with Gasteiger partial charge in [0.25, 0.3) is 0 Å². The number of sulfone groups is 1. The van der Waals surface area contributed by atoms with Crippen molar-refractivity contribution in [3.63, 3.8) is 0 Å². The average molecular weight is 288 g/mol. The SMILES string of the molecule is CNC1CCCC1S(=O)(=O)Cc1ccccc1Cl. The summed E-state index contributed by atoms with van der Waals surface area (Å²) in [5.41, 5.74) is 0.695. The molecule has 1 N–H and O–H groups in total. The summed E-state index contributed by atoms with van der Waals surface area (Å²) in [7, 11) is -1.32. The average Bonchev–Trinajstić information content (AvgIpc) is 2.81. The molecular formula is C13H18ClNO2S. The Labute approximate surface area is 113 Å². The number of halogens is 1. The Balaban J connectivity index is 2.20. The first kappa shape index (κ1) is 13.8. The second-order valence-corrected chi connectivity index (χ2v) is 7.39. The summed E-state index contributed by atoms with van der Waals surface area (Å²) in [6, 6.07) is 7.23. The lowest BCUT2D eigenvalue weighted by Crippen LogP contribution is -2.38. The first-order valence-corrected chi connectivity index (χ1v) is 8.26. The monoisotopic (exact) mass is 287 g/mol. The van der Waals surface area contributed by atoms with E-state index in [-0.39, 0.29) is 17.0 Å². The highest BCUT2D eigenvalue weighted by Crippen LogP contribution is 2.29. The molecule has 0 radical (unpaired) electrons. The third kappa shape index (κ3) is 2.87. The van der Waals surface area contributed by atoms with Gasteiger partial charge in [-0.15, -0.1) is 0 Å². The maximum atomic E-state index is 12.4. The molecule has 5 heteroatoms. The van der Waals surface area contributed by atoms with Gasteiger partial charge in [-0.2, -0.15) is 0 Å². The van der Waals surface area contributed by atoms with E-state index < -0.39 is 9.84 Å². The molecule has 0 spiro atoms. The summed E-state index contributed by atoms with van der Waals surface area (Å²) < 4.78 is 24.9. The molecule has 0 aromatic heterocycles. The van der Waals surface area contributed by atoms with Crippen molar-refractivity contribution in [3.8, 4) is 0 Å². The summed E-state index contributed by atoms with van der Waals surface area (Å²) in [4.78, 5) is 0. The Hall–Kier alpha value is -0.580. The molecule has 2 atom stereocenters. The molecule has 2 unspecified atom stereocenters. The highest BCUT2D eigenvalue weighted by atomic mass is 35.5. The van der Waals surface area contributed by atoms with Gasteiger partial charge in [0.15, 0.2) is 9.84 Å². The molecule has 3 nitrogen and oxygen atoms in total. The van der Waals surface area contributed by atoms with Gasteiger partial charge in [-0.1, -0.05) is 36.2 Å². The maximum Gasteiger partial charge on any atom is 0.158 e. The van der Waals surface area contributed by atoms with Crippen molar-refractivity contribution in [2.24, 2.45) is 0 Å². The molecule has 100 valence electrons. The number of benzene rings is 1. The van der Waals surface area contributed by atoms with E-state index in [9.17, 15) is 8.42 Å². The molecule has 2 rings (SSSR count). The van der Waals surface area contributed by atoms with Crippen LogP contribution in [0.2, 0.25) is 5.02 Å². The van der Waals surface area contributed by atoms with Gasteiger partial charge in [0, 0.05) is 11.1 Å². The van der Waals surface area contributed by atoms with Gasteiger partial charge < -0.3 is 5.32 Å². The zero-order valence-electron chi connectivity index (χ0n) is 10.4. The maximum absolute atomic E-state index is 12.4. The van der Waals surface area contributed by atoms with Gasteiger partial charge in [-0.25, -0.2) is 8.42 Å². The van der Waals surface area contributed by atoms with E-state index in [0.717, 1.165) is 19.3 Å². The summed E-state index contributed by atoms with van der Waals surface area (Å²) in [6.45, 7) is 0. The Bertz CT molecular complexity index is 515. The molecule has 1 aliphatic carbocycles. The largest absolute Gasteiger partial charge is 0.316 e. The Morgan fingerprint density at radius 3 is 2.72 bits per heavy atom. The second kappa shape index (κ2) is 5.59. The molecule has 18 heavy (non-hydrogen) atoms. The molecule has 0 saturated heterocycles. The molecule has 1 aromatic rings. The van der Waals surface area contributed by atoms with Crippen LogP contribution >= 0.6 is 11.6 Å². The smallest absolute Gasteiger partial charge is 0.158 e. The molecular weight excluding hydrogens is 270 g/mol. The van der Waals surface area contributed by atoms with Crippen molar-refractivity contribution < 1.29 is 8.42 Å². The van der Waals surface area contributed by atoms with Crippen molar-refractivity contribution in [3.05, 3.63) is 34.9 Å². The molecule has 1 aliphatic rings. The van der Waals surface area contributed by atoms with Gasteiger partial charge in [0.05, 0.1) is 11.0 Å². The molecule has 1 saturated carbocycles. The summed E-state index contributed by atoms with van der Waals surface area (Å²) >= 11 is 6.03. The third-order valence-corrected chi connectivity index (χ3v) is 6.17. The first-order valence-electron chi connectivity index (χ1n) is 6.17. The van der Waals surface area contributed by atoms with E-state index in [1.54, 1.807) is 12.1 Å². The summed E-state index contributed by atoms with van der Waals surface area (Å²) in [5.74, 6) is 0.0372. The number of rotatable bonds is 4. The minimum Gasteiger partial charge on any atom is -0.316 e. The van der Waals surface area contributed by atoms with E-state index >= 15 is 0 Å². The topological polar surface area (TPSA) is 46.2 Å². The van der Waals surface area contributed by atoms with E-state index in [1.165, 1.54) is 0 Å². The van der Waals surface area contributed by atoms with E-state index in [4.69, 9.17) is 11.6 Å². The lowest BCUT2D eigenvalue weighted by atomic mass is 10.2. The van der Waals surface area contributed by atoms with E-state index in [2.05, 4.69) is 5.32 Å². The van der Waals surface area contributed by atoms with Crippen molar-refractivity contribution in [2.75, 3.05) is 7.05 Å². The highest BCUT2D eigenvalue weighted by Gasteiger charge is 2.36. The van der Waals surface area contributed by atoms with Crippen LogP contribution in [0.15, 0.2) is 24.3 Å². The van der Waals surface area contributed by atoms with Crippen molar-refractivity contribution in [2.45, 2.75) is 36.3 Å². The summed E-state index contributed by atoms with van der Waals surface area (Å²) in [6.07, 6.45) is 2.65. The van der Waals surface area contributed by atoms with Crippen LogP contribution in [-0.2, 0) is 15.6 Å². The van der Waals surface area contributed by atoms with Gasteiger partial charge in [-0.05, 0) is 31.5 Å². The second-order valence-electron chi connectivity index (χ2n) is 4.76. The fourth-order valence-electron chi connectivity index (χ4n) is 2.63. The predicted molar refractivity (Wildman–Crippen MR) is 74.6 cm³/mol. The van der Waals surface area contributed by atoms with Crippen molar-refractivity contribution in [1.82, 2.24) is 5.32 Å². The first-order chi connectivity index (χ1) is 8.54. The van der Waals surface area contributed by atoms with Crippen LogP contribution in [-0.4, -0.2) is 26.8 Å². The third-order valence-electron chi connectivity index (χ3n) is 3.60. The number of nitrogens with one attached hydrogen (secondary N) is 1. The van der Waals surface area contributed by atoms with Crippen LogP contribution in [0.4, 0.5) is 0 Å². The Morgan fingerprint density at radius 1 is 1.33 bits per heavy atom. The van der Waals surface area contributed by atoms with E-state index in [1.807, 2.05) is 19.2 Å². The van der Waals surface area contributed by atoms with Crippen LogP contribution < -0.4 is 5.32 Å². The fraction of sp³-hybridized carbons (Fsp3) is 0.538. The highest BCUT2D eigenvalue weighted by molar-refractivity contribution is 7.91. The molecule has 1 fully saturated rings. The predicted octanol–water partition coefficient (Wildman–Crippen LogP) is 2.40. The fourth-order valence-corrected chi connectivity index (χ4v) is 5.10. The van der Waals surface area contributed by atoms with Gasteiger partial charge in [-0.3, -0.25) is 0 Å². The van der Waals surface area contributed by atoms with Gasteiger partial charge in [0.1, 0.15) is 0 Å². The normalized spacial score (nSPS) is 24.3. The lowest BCUT2D eigenvalue weighted by Gasteiger charge is -2.19. The Kier molecular flexibility index (Phi) is 4.30. The minimum atomic E-state index is -3.14. The van der Waals surface area contributed by atoms with Crippen LogP contribution in [0.1, 0.15) is 24.8 Å². The Morgan fingerprint density at radius 2 is 2.06 bits per heavy atom. The number of hydrogen-bond donors (Lipinski definition) is 1. The van der Waals surface area contributed by atoms with Gasteiger partial charge >= 0.3 is 0 Å².